The van der Waals surface area contributed by atoms with Gasteiger partial charge in [-0.3, -0.25) is 4.99 Å². The molecule has 0 N–H and O–H groups in total. The minimum absolute atomic E-state index is 1.09. The molecule has 0 aromatic heterocycles. The summed E-state index contributed by atoms with van der Waals surface area (Å²) in [5.41, 5.74) is 3.46. The van der Waals surface area contributed by atoms with Crippen molar-refractivity contribution in [3.63, 3.8) is 0 Å². The van der Waals surface area contributed by atoms with E-state index in [0.29, 0.717) is 0 Å². The fraction of sp³-hybridized carbons (Fsp3) is 0.417. The number of hydrogen-bond acceptors (Lipinski definition) is 1. The predicted octanol–water partition coefficient (Wildman–Crippen LogP) is 3.65. The Labute approximate surface area is 80.6 Å². The first-order valence-corrected chi connectivity index (χ1v) is 4.78. The van der Waals surface area contributed by atoms with Gasteiger partial charge in [-0.05, 0) is 44.8 Å². The molecule has 0 aromatic carbocycles. The molecule has 1 aliphatic rings. The van der Waals surface area contributed by atoms with E-state index in [2.05, 4.69) is 23.7 Å². The van der Waals surface area contributed by atoms with Crippen molar-refractivity contribution in [3.8, 4) is 0 Å². The Balaban J connectivity index is 3.00. The van der Waals surface area contributed by atoms with E-state index in [-0.39, 0.29) is 0 Å². The van der Waals surface area contributed by atoms with Gasteiger partial charge in [0.1, 0.15) is 0 Å². The number of rotatable bonds is 2. The molecule has 1 heteroatoms. The van der Waals surface area contributed by atoms with Crippen LogP contribution in [0, 0.1) is 0 Å². The highest BCUT2D eigenvalue weighted by Crippen LogP contribution is 2.20. The molecule has 0 aromatic rings. The van der Waals surface area contributed by atoms with Gasteiger partial charge in [-0.2, -0.15) is 0 Å². The Bertz CT molecular complexity index is 275. The van der Waals surface area contributed by atoms with E-state index >= 15 is 0 Å². The van der Waals surface area contributed by atoms with Crippen LogP contribution in [0.15, 0.2) is 41.1 Å². The standard InChI is InChI=1S/C12H17N/c1-4-11-8-6-5-7-9-12(11)13-10(2)3/h4,7,9H,1,5-6,8H2,2-3H3. The Kier molecular flexibility index (Phi) is 3.69. The Morgan fingerprint density at radius 2 is 2.31 bits per heavy atom. The maximum atomic E-state index is 4.49. The van der Waals surface area contributed by atoms with Crippen molar-refractivity contribution >= 4 is 5.71 Å². The van der Waals surface area contributed by atoms with Crippen LogP contribution in [0.4, 0.5) is 0 Å². The topological polar surface area (TPSA) is 12.4 Å². The van der Waals surface area contributed by atoms with E-state index in [9.17, 15) is 0 Å². The molecule has 0 saturated heterocycles. The highest BCUT2D eigenvalue weighted by Gasteiger charge is 2.02. The average Bonchev–Trinajstić information content (AvgIpc) is 2.28. The van der Waals surface area contributed by atoms with Gasteiger partial charge in [-0.15, -0.1) is 0 Å². The monoisotopic (exact) mass is 175 g/mol. The third-order valence-corrected chi connectivity index (χ3v) is 2.01. The van der Waals surface area contributed by atoms with E-state index in [1.54, 1.807) is 0 Å². The van der Waals surface area contributed by atoms with Crippen LogP contribution in [-0.4, -0.2) is 5.71 Å². The minimum Gasteiger partial charge on any atom is -0.258 e. The average molecular weight is 175 g/mol. The summed E-state index contributed by atoms with van der Waals surface area (Å²) < 4.78 is 0. The van der Waals surface area contributed by atoms with Crippen LogP contribution < -0.4 is 0 Å². The van der Waals surface area contributed by atoms with Crippen molar-refractivity contribution in [2.24, 2.45) is 4.99 Å². The van der Waals surface area contributed by atoms with Crippen LogP contribution in [0.25, 0.3) is 0 Å². The Hall–Kier alpha value is -1.11. The minimum atomic E-state index is 1.09. The molecule has 1 rings (SSSR count). The summed E-state index contributed by atoms with van der Waals surface area (Å²) >= 11 is 0. The highest BCUT2D eigenvalue weighted by molar-refractivity contribution is 5.80. The maximum Gasteiger partial charge on any atom is 0.0657 e. The van der Waals surface area contributed by atoms with Gasteiger partial charge in [0.2, 0.25) is 0 Å². The molecule has 13 heavy (non-hydrogen) atoms. The number of allylic oxidation sites excluding steroid dienone is 4. The maximum absolute atomic E-state index is 4.49. The van der Waals surface area contributed by atoms with Crippen LogP contribution in [-0.2, 0) is 0 Å². The summed E-state index contributed by atoms with van der Waals surface area (Å²) in [6.45, 7) is 7.86. The highest BCUT2D eigenvalue weighted by atomic mass is 14.7. The molecule has 0 fully saturated rings. The molecule has 1 aliphatic carbocycles. The third kappa shape index (κ3) is 3.02. The zero-order valence-corrected chi connectivity index (χ0v) is 8.51. The van der Waals surface area contributed by atoms with Crippen LogP contribution >= 0.6 is 0 Å². The zero-order chi connectivity index (χ0) is 9.68. The summed E-state index contributed by atoms with van der Waals surface area (Å²) in [5.74, 6) is 0. The van der Waals surface area contributed by atoms with Gasteiger partial charge in [-0.25, -0.2) is 0 Å². The fourth-order valence-corrected chi connectivity index (χ4v) is 1.40. The van der Waals surface area contributed by atoms with Gasteiger partial charge >= 0.3 is 0 Å². The third-order valence-electron chi connectivity index (χ3n) is 2.01. The van der Waals surface area contributed by atoms with Gasteiger partial charge in [-0.1, -0.05) is 18.7 Å². The van der Waals surface area contributed by atoms with Crippen LogP contribution in [0.2, 0.25) is 0 Å². The number of nitrogens with zero attached hydrogens (tertiary/aromatic N) is 1. The molecular formula is C12H17N. The number of aliphatic imine (C=N–C) groups is 1. The quantitative estimate of drug-likeness (QED) is 0.568. The van der Waals surface area contributed by atoms with E-state index in [1.165, 1.54) is 12.0 Å². The largest absolute Gasteiger partial charge is 0.258 e. The van der Waals surface area contributed by atoms with Crippen molar-refractivity contribution in [3.05, 3.63) is 36.1 Å². The molecule has 0 unspecified atom stereocenters. The van der Waals surface area contributed by atoms with Gasteiger partial charge < -0.3 is 0 Å². The molecule has 0 aliphatic heterocycles. The molecule has 70 valence electrons. The molecule has 0 spiro atoms. The van der Waals surface area contributed by atoms with Gasteiger partial charge in [0.15, 0.2) is 0 Å². The predicted molar refractivity (Wildman–Crippen MR) is 59.0 cm³/mol. The molecule has 0 bridgehead atoms. The summed E-state index contributed by atoms with van der Waals surface area (Å²) in [6, 6.07) is 0. The first-order chi connectivity index (χ1) is 6.24. The lowest BCUT2D eigenvalue weighted by molar-refractivity contribution is 0.852. The lowest BCUT2D eigenvalue weighted by Crippen LogP contribution is -1.87. The molecule has 0 radical (unpaired) electrons. The van der Waals surface area contributed by atoms with Crippen molar-refractivity contribution in [1.82, 2.24) is 0 Å². The molecular weight excluding hydrogens is 158 g/mol. The SMILES string of the molecule is C=CC1=C(N=C(C)C)C=CCCC1. The van der Waals surface area contributed by atoms with Gasteiger partial charge in [0, 0.05) is 5.71 Å². The second-order valence-corrected chi connectivity index (χ2v) is 3.47. The normalized spacial score (nSPS) is 16.8. The lowest BCUT2D eigenvalue weighted by Gasteiger charge is -2.02. The first-order valence-electron chi connectivity index (χ1n) is 4.78. The van der Waals surface area contributed by atoms with Crippen LogP contribution in [0.1, 0.15) is 33.1 Å². The summed E-state index contributed by atoms with van der Waals surface area (Å²) in [4.78, 5) is 4.49. The Morgan fingerprint density at radius 1 is 1.54 bits per heavy atom. The molecule has 0 saturated carbocycles. The zero-order valence-electron chi connectivity index (χ0n) is 8.51. The molecule has 1 nitrogen and oxygen atoms in total. The van der Waals surface area contributed by atoms with Crippen molar-refractivity contribution in [2.75, 3.05) is 0 Å². The van der Waals surface area contributed by atoms with E-state index in [1.807, 2.05) is 19.9 Å². The molecule has 0 heterocycles. The fourth-order valence-electron chi connectivity index (χ4n) is 1.40. The molecule has 0 atom stereocenters. The van der Waals surface area contributed by atoms with Crippen molar-refractivity contribution in [1.29, 1.82) is 0 Å². The van der Waals surface area contributed by atoms with Gasteiger partial charge in [0.25, 0.3) is 0 Å². The Morgan fingerprint density at radius 3 is 2.92 bits per heavy atom. The smallest absolute Gasteiger partial charge is 0.0657 e. The van der Waals surface area contributed by atoms with E-state index in [0.717, 1.165) is 24.3 Å². The van der Waals surface area contributed by atoms with E-state index < -0.39 is 0 Å². The van der Waals surface area contributed by atoms with Gasteiger partial charge in [0.05, 0.1) is 5.70 Å². The summed E-state index contributed by atoms with van der Waals surface area (Å²) in [7, 11) is 0. The summed E-state index contributed by atoms with van der Waals surface area (Å²) in [5, 5.41) is 0. The molecule has 0 amide bonds. The lowest BCUT2D eigenvalue weighted by atomic mass is 10.1. The second kappa shape index (κ2) is 4.80. The summed E-state index contributed by atoms with van der Waals surface area (Å²) in [6.07, 6.45) is 9.69. The van der Waals surface area contributed by atoms with Crippen LogP contribution in [0.5, 0.6) is 0 Å². The second-order valence-electron chi connectivity index (χ2n) is 3.47. The van der Waals surface area contributed by atoms with E-state index in [4.69, 9.17) is 0 Å². The van der Waals surface area contributed by atoms with Crippen molar-refractivity contribution < 1.29 is 0 Å². The number of hydrogen-bond donors (Lipinski definition) is 0. The first kappa shape index (κ1) is 9.97. The van der Waals surface area contributed by atoms with Crippen molar-refractivity contribution in [2.45, 2.75) is 33.1 Å². The van der Waals surface area contributed by atoms with Crippen LogP contribution in [0.3, 0.4) is 0 Å².